The largest absolute Gasteiger partial charge is 0.393 e. The van der Waals surface area contributed by atoms with Gasteiger partial charge in [0.1, 0.15) is 0 Å². The lowest BCUT2D eigenvalue weighted by Crippen LogP contribution is -2.56. The van der Waals surface area contributed by atoms with Gasteiger partial charge in [0.25, 0.3) is 0 Å². The monoisotopic (exact) mass is 452 g/mol. The van der Waals surface area contributed by atoms with Crippen LogP contribution in [0, 0.1) is 46.3 Å². The molecular weight excluding hydrogens is 404 g/mol. The minimum atomic E-state index is -3.28. The van der Waals surface area contributed by atoms with E-state index in [0.29, 0.717) is 29.1 Å². The molecule has 32 heavy (non-hydrogen) atoms. The van der Waals surface area contributed by atoms with Gasteiger partial charge in [-0.25, -0.2) is 0 Å². The van der Waals surface area contributed by atoms with Crippen molar-refractivity contribution in [2.24, 2.45) is 46.3 Å². The summed E-state index contributed by atoms with van der Waals surface area (Å²) in [5.41, 5.74) is -1.33. The molecule has 0 aromatic heterocycles. The standard InChI is InChI=1S/C27H48O5/c1-18(7-6-15-26(29,17-28)27(30,31)32)21-11-12-22-20-10-9-19-8-4-5-14-24(19,2)23(20)13-16-25(21,22)3/h18-23,28-32H,4-17H2,1-3H3/t18?,19?,20-,21+,22-,23-,24-,25+,26?/m0/s1. The predicted octanol–water partition coefficient (Wildman–Crippen LogP) is 4.20. The van der Waals surface area contributed by atoms with Gasteiger partial charge in [-0.1, -0.05) is 40.0 Å². The first-order valence-corrected chi connectivity index (χ1v) is 13.5. The van der Waals surface area contributed by atoms with Gasteiger partial charge in [-0.2, -0.15) is 0 Å². The summed E-state index contributed by atoms with van der Waals surface area (Å²) in [5, 5.41) is 47.9. The molecule has 4 saturated carbocycles. The first kappa shape index (κ1) is 24.9. The summed E-state index contributed by atoms with van der Waals surface area (Å²) >= 11 is 0. The third-order valence-corrected chi connectivity index (χ3v) is 11.5. The average molecular weight is 453 g/mol. The maximum absolute atomic E-state index is 10.2. The Morgan fingerprint density at radius 3 is 2.25 bits per heavy atom. The molecule has 0 spiro atoms. The number of aliphatic hydroxyl groups is 5. The van der Waals surface area contributed by atoms with E-state index in [1.807, 2.05) is 0 Å². The highest BCUT2D eigenvalue weighted by Gasteiger charge is 2.60. The summed E-state index contributed by atoms with van der Waals surface area (Å²) in [7, 11) is 0. The van der Waals surface area contributed by atoms with Gasteiger partial charge >= 0.3 is 5.97 Å². The molecule has 3 unspecified atom stereocenters. The van der Waals surface area contributed by atoms with Crippen molar-refractivity contribution in [2.75, 3.05) is 6.61 Å². The van der Waals surface area contributed by atoms with Crippen LogP contribution in [-0.4, -0.2) is 43.7 Å². The van der Waals surface area contributed by atoms with Gasteiger partial charge in [0, 0.05) is 0 Å². The number of fused-ring (bicyclic) bond motifs is 5. The van der Waals surface area contributed by atoms with Crippen LogP contribution in [0.1, 0.15) is 104 Å². The normalized spacial score (nSPS) is 44.8. The van der Waals surface area contributed by atoms with Crippen molar-refractivity contribution in [3.8, 4) is 0 Å². The number of hydrogen-bond donors (Lipinski definition) is 5. The summed E-state index contributed by atoms with van der Waals surface area (Å²) in [4.78, 5) is 0. The molecule has 0 saturated heterocycles. The molecular formula is C27H48O5. The predicted molar refractivity (Wildman–Crippen MR) is 124 cm³/mol. The van der Waals surface area contributed by atoms with E-state index in [-0.39, 0.29) is 6.42 Å². The van der Waals surface area contributed by atoms with E-state index in [4.69, 9.17) is 0 Å². The molecule has 5 heteroatoms. The quantitative estimate of drug-likeness (QED) is 0.373. The molecule has 0 heterocycles. The van der Waals surface area contributed by atoms with Gasteiger partial charge in [-0.15, -0.1) is 0 Å². The van der Waals surface area contributed by atoms with Crippen molar-refractivity contribution in [1.29, 1.82) is 0 Å². The first-order valence-electron chi connectivity index (χ1n) is 13.5. The second-order valence-corrected chi connectivity index (χ2v) is 12.8. The van der Waals surface area contributed by atoms with E-state index in [2.05, 4.69) is 20.8 Å². The van der Waals surface area contributed by atoms with Gasteiger partial charge in [-0.3, -0.25) is 0 Å². The van der Waals surface area contributed by atoms with E-state index >= 15 is 0 Å². The average Bonchev–Trinajstić information content (AvgIpc) is 3.09. The van der Waals surface area contributed by atoms with Crippen molar-refractivity contribution < 1.29 is 25.5 Å². The zero-order valence-electron chi connectivity index (χ0n) is 20.6. The fraction of sp³-hybridized carbons (Fsp3) is 1.00. The fourth-order valence-electron chi connectivity index (χ4n) is 9.54. The number of rotatable bonds is 7. The molecule has 0 amide bonds. The highest BCUT2D eigenvalue weighted by molar-refractivity contribution is 5.09. The molecule has 0 bridgehead atoms. The molecule has 0 radical (unpaired) electrons. The lowest BCUT2D eigenvalue weighted by molar-refractivity contribution is -0.397. The summed E-state index contributed by atoms with van der Waals surface area (Å²) in [6, 6.07) is 0. The van der Waals surface area contributed by atoms with Crippen LogP contribution >= 0.6 is 0 Å². The molecule has 0 aromatic rings. The Morgan fingerprint density at radius 2 is 1.56 bits per heavy atom. The van der Waals surface area contributed by atoms with Crippen molar-refractivity contribution in [3.63, 3.8) is 0 Å². The third kappa shape index (κ3) is 3.98. The van der Waals surface area contributed by atoms with Crippen molar-refractivity contribution in [2.45, 2.75) is 116 Å². The maximum Gasteiger partial charge on any atom is 0.308 e. The Balaban J connectivity index is 1.40. The molecule has 0 aromatic carbocycles. The van der Waals surface area contributed by atoms with Crippen LogP contribution in [0.2, 0.25) is 0 Å². The van der Waals surface area contributed by atoms with Gasteiger partial charge < -0.3 is 25.5 Å². The van der Waals surface area contributed by atoms with Gasteiger partial charge in [0.2, 0.25) is 0 Å². The molecule has 4 rings (SSSR count). The van der Waals surface area contributed by atoms with E-state index in [1.54, 1.807) is 0 Å². The smallest absolute Gasteiger partial charge is 0.308 e. The van der Waals surface area contributed by atoms with Gasteiger partial charge in [0.15, 0.2) is 5.60 Å². The zero-order valence-corrected chi connectivity index (χ0v) is 20.6. The molecule has 4 aliphatic rings. The third-order valence-electron chi connectivity index (χ3n) is 11.5. The number of aliphatic hydroxyl groups excluding tert-OH is 1. The second-order valence-electron chi connectivity index (χ2n) is 12.8. The summed E-state index contributed by atoms with van der Waals surface area (Å²) in [6.45, 7) is 6.63. The Bertz CT molecular complexity index is 661. The highest BCUT2D eigenvalue weighted by atomic mass is 16.7. The molecule has 0 aliphatic heterocycles. The molecule has 4 aliphatic carbocycles. The van der Waals surface area contributed by atoms with Gasteiger partial charge in [-0.05, 0) is 111 Å². The lowest BCUT2D eigenvalue weighted by Gasteiger charge is -2.61. The van der Waals surface area contributed by atoms with Crippen molar-refractivity contribution in [1.82, 2.24) is 0 Å². The zero-order chi connectivity index (χ0) is 23.4. The first-order chi connectivity index (χ1) is 15.0. The van der Waals surface area contributed by atoms with Crippen molar-refractivity contribution in [3.05, 3.63) is 0 Å². The van der Waals surface area contributed by atoms with Crippen molar-refractivity contribution >= 4 is 0 Å². The fourth-order valence-corrected chi connectivity index (χ4v) is 9.54. The van der Waals surface area contributed by atoms with E-state index < -0.39 is 18.2 Å². The van der Waals surface area contributed by atoms with Crippen LogP contribution in [-0.2, 0) is 0 Å². The Morgan fingerprint density at radius 1 is 0.844 bits per heavy atom. The summed E-state index contributed by atoms with van der Waals surface area (Å²) in [6.07, 6.45) is 15.4. The van der Waals surface area contributed by atoms with Crippen LogP contribution < -0.4 is 0 Å². The molecule has 9 atom stereocenters. The van der Waals surface area contributed by atoms with E-state index in [0.717, 1.165) is 30.1 Å². The highest BCUT2D eigenvalue weighted by Crippen LogP contribution is 2.68. The summed E-state index contributed by atoms with van der Waals surface area (Å²) in [5.74, 6) is 1.47. The maximum atomic E-state index is 10.2. The van der Waals surface area contributed by atoms with Crippen LogP contribution in [0.25, 0.3) is 0 Å². The van der Waals surface area contributed by atoms with Gasteiger partial charge in [0.05, 0.1) is 6.61 Å². The molecule has 186 valence electrons. The topological polar surface area (TPSA) is 101 Å². The summed E-state index contributed by atoms with van der Waals surface area (Å²) < 4.78 is 0. The Hall–Kier alpha value is -0.200. The molecule has 4 fully saturated rings. The van der Waals surface area contributed by atoms with Crippen LogP contribution in [0.4, 0.5) is 0 Å². The van der Waals surface area contributed by atoms with Crippen LogP contribution in [0.5, 0.6) is 0 Å². The molecule has 5 N–H and O–H groups in total. The second kappa shape index (κ2) is 8.78. The van der Waals surface area contributed by atoms with E-state index in [9.17, 15) is 25.5 Å². The SMILES string of the molecule is CC(CCCC(O)(CO)C(O)(O)O)[C@H]1CC[C@H]2[C@@H]3CCC4CCCC[C@]4(C)[C@H]3CC[C@]12C. The molecule has 5 nitrogen and oxygen atoms in total. The number of hydrogen-bond acceptors (Lipinski definition) is 5. The lowest BCUT2D eigenvalue weighted by atomic mass is 9.44. The minimum absolute atomic E-state index is 0.0331. The Kier molecular flexibility index (Phi) is 6.84. The van der Waals surface area contributed by atoms with Crippen LogP contribution in [0.3, 0.4) is 0 Å². The van der Waals surface area contributed by atoms with E-state index in [1.165, 1.54) is 64.2 Å². The van der Waals surface area contributed by atoms with Crippen LogP contribution in [0.15, 0.2) is 0 Å². The Labute approximate surface area is 194 Å². The minimum Gasteiger partial charge on any atom is -0.393 e.